The van der Waals surface area contributed by atoms with Crippen LogP contribution in [0, 0.1) is 0 Å². The van der Waals surface area contributed by atoms with E-state index in [0.29, 0.717) is 45.1 Å². The maximum absolute atomic E-state index is 12.2. The highest BCUT2D eigenvalue weighted by molar-refractivity contribution is 7.92. The molecule has 0 unspecified atom stereocenters. The fourth-order valence-corrected chi connectivity index (χ4v) is 5.87. The molecule has 0 aliphatic heterocycles. The minimum absolute atomic E-state index is 0.0511. The number of rotatable bonds is 28. The van der Waals surface area contributed by atoms with Gasteiger partial charge in [-0.2, -0.15) is 0 Å². The summed E-state index contributed by atoms with van der Waals surface area (Å²) in [7, 11) is -1.70. The van der Waals surface area contributed by atoms with Crippen molar-refractivity contribution in [2.75, 3.05) is 25.2 Å². The second-order valence-electron chi connectivity index (χ2n) is 10.3. The molecule has 6 heteroatoms. The first kappa shape index (κ1) is 34.2. The monoisotopic (exact) mass is 516 g/mol. The molecule has 35 heavy (non-hydrogen) atoms. The van der Waals surface area contributed by atoms with E-state index in [2.05, 4.69) is 6.92 Å². The second-order valence-corrected chi connectivity index (χ2v) is 12.5. The van der Waals surface area contributed by atoms with Gasteiger partial charge < -0.3 is 4.74 Å². The van der Waals surface area contributed by atoms with Crippen LogP contribution < -0.4 is 0 Å². The molecule has 0 heterocycles. The molecule has 0 aromatic carbocycles. The van der Waals surface area contributed by atoms with Gasteiger partial charge in [-0.3, -0.25) is 9.59 Å². The summed E-state index contributed by atoms with van der Waals surface area (Å²) in [4.78, 5) is 23.7. The molecule has 0 aliphatic carbocycles. The van der Waals surface area contributed by atoms with E-state index in [9.17, 15) is 18.0 Å². The Morgan fingerprint density at radius 3 is 1.43 bits per heavy atom. The molecule has 0 aliphatic rings. The maximum atomic E-state index is 12.2. The number of hydrogen-bond donors (Lipinski definition) is 0. The van der Waals surface area contributed by atoms with Gasteiger partial charge in [0.05, 0.1) is 5.75 Å². The highest BCUT2D eigenvalue weighted by atomic mass is 32.2. The van der Waals surface area contributed by atoms with Crippen LogP contribution >= 0.6 is 0 Å². The van der Waals surface area contributed by atoms with Crippen molar-refractivity contribution in [2.24, 2.45) is 0 Å². The zero-order chi connectivity index (χ0) is 26.0. The number of unbranched alkanes of at least 4 members (excludes halogenated alkanes) is 16. The smallest absolute Gasteiger partial charge is 0.157 e. The number of ether oxygens (including phenoxy) is 1. The van der Waals surface area contributed by atoms with Crippen molar-refractivity contribution in [1.29, 1.82) is 0 Å². The molecule has 0 amide bonds. The molecule has 0 bridgehead atoms. The van der Waals surface area contributed by atoms with Crippen LogP contribution in [0.3, 0.4) is 0 Å². The first-order chi connectivity index (χ1) is 16.9. The minimum Gasteiger partial charge on any atom is -0.385 e. The predicted octanol–water partition coefficient (Wildman–Crippen LogP) is 7.79. The van der Waals surface area contributed by atoms with Gasteiger partial charge in [0.1, 0.15) is 17.3 Å². The number of carbonyl (C=O) groups is 2. The Morgan fingerprint density at radius 1 is 0.543 bits per heavy atom. The highest BCUT2D eigenvalue weighted by Crippen LogP contribution is 2.14. The van der Waals surface area contributed by atoms with Crippen LogP contribution in [-0.2, 0) is 24.2 Å². The fraction of sp³-hybridized carbons (Fsp3) is 0.931. The molecule has 0 saturated carbocycles. The largest absolute Gasteiger partial charge is 0.385 e. The lowest BCUT2D eigenvalue weighted by Crippen LogP contribution is -2.18. The van der Waals surface area contributed by atoms with Gasteiger partial charge in [-0.05, 0) is 25.7 Å². The number of hydrogen-bond acceptors (Lipinski definition) is 5. The van der Waals surface area contributed by atoms with Gasteiger partial charge in [-0.15, -0.1) is 0 Å². The average Bonchev–Trinajstić information content (AvgIpc) is 2.81. The molecule has 0 radical (unpaired) electrons. The zero-order valence-electron chi connectivity index (χ0n) is 23.1. The van der Waals surface area contributed by atoms with Crippen LogP contribution in [0.15, 0.2) is 0 Å². The Kier molecular flexibility index (Phi) is 24.4. The third-order valence-corrected chi connectivity index (χ3v) is 8.33. The van der Waals surface area contributed by atoms with Gasteiger partial charge in [0.25, 0.3) is 0 Å². The number of Topliss-reactive ketones (excluding diaryl/α,β-unsaturated/α-hetero) is 2. The summed E-state index contributed by atoms with van der Waals surface area (Å²) in [6.45, 7) is 2.86. The Bertz CT molecular complexity index is 600. The van der Waals surface area contributed by atoms with Crippen LogP contribution in [-0.4, -0.2) is 45.2 Å². The average molecular weight is 517 g/mol. The van der Waals surface area contributed by atoms with E-state index in [1.165, 1.54) is 77.0 Å². The molecule has 208 valence electrons. The van der Waals surface area contributed by atoms with Crippen molar-refractivity contribution in [3.8, 4) is 0 Å². The Labute approximate surface area is 217 Å². The second kappa shape index (κ2) is 24.9. The van der Waals surface area contributed by atoms with Crippen molar-refractivity contribution in [1.82, 2.24) is 0 Å². The third-order valence-electron chi connectivity index (χ3n) is 6.66. The van der Waals surface area contributed by atoms with Crippen LogP contribution in [0.4, 0.5) is 0 Å². The SMILES string of the molecule is CCCCCCCCCCCCCCCCCC(=O)CS(=O)(=O)CCCCCC(=O)CCCOC. The van der Waals surface area contributed by atoms with Crippen molar-refractivity contribution >= 4 is 21.4 Å². The fourth-order valence-electron chi connectivity index (χ4n) is 4.44. The lowest BCUT2D eigenvalue weighted by atomic mass is 10.0. The first-order valence-corrected chi connectivity index (χ1v) is 16.5. The van der Waals surface area contributed by atoms with Crippen molar-refractivity contribution in [3.05, 3.63) is 0 Å². The molecule has 0 rings (SSSR count). The number of carbonyl (C=O) groups excluding carboxylic acids is 2. The van der Waals surface area contributed by atoms with E-state index in [-0.39, 0.29) is 23.1 Å². The van der Waals surface area contributed by atoms with E-state index in [0.717, 1.165) is 25.7 Å². The third kappa shape index (κ3) is 26.1. The maximum Gasteiger partial charge on any atom is 0.157 e. The zero-order valence-corrected chi connectivity index (χ0v) is 23.9. The van der Waals surface area contributed by atoms with Gasteiger partial charge in [0.15, 0.2) is 9.84 Å². The number of methoxy groups -OCH3 is 1. The molecule has 0 N–H and O–H groups in total. The van der Waals surface area contributed by atoms with Crippen molar-refractivity contribution < 1.29 is 22.7 Å². The minimum atomic E-state index is -3.32. The van der Waals surface area contributed by atoms with E-state index in [1.807, 2.05) is 0 Å². The number of ketones is 2. The van der Waals surface area contributed by atoms with Gasteiger partial charge in [-0.25, -0.2) is 8.42 Å². The van der Waals surface area contributed by atoms with Crippen LogP contribution in [0.2, 0.25) is 0 Å². The molecule has 0 fully saturated rings. The van der Waals surface area contributed by atoms with E-state index < -0.39 is 9.84 Å². The molecular weight excluding hydrogens is 460 g/mol. The van der Waals surface area contributed by atoms with Crippen LogP contribution in [0.1, 0.15) is 148 Å². The van der Waals surface area contributed by atoms with Crippen LogP contribution in [0.5, 0.6) is 0 Å². The normalized spacial score (nSPS) is 11.7. The quantitative estimate of drug-likeness (QED) is 0.0992. The summed E-state index contributed by atoms with van der Waals surface area (Å²) in [5, 5.41) is 0. The summed E-state index contributed by atoms with van der Waals surface area (Å²) in [6, 6.07) is 0. The predicted molar refractivity (Wildman–Crippen MR) is 148 cm³/mol. The Balaban J connectivity index is 3.52. The first-order valence-electron chi connectivity index (χ1n) is 14.6. The van der Waals surface area contributed by atoms with Crippen molar-refractivity contribution in [2.45, 2.75) is 148 Å². The summed E-state index contributed by atoms with van der Waals surface area (Å²) in [6.07, 6.45) is 23.3. The highest BCUT2D eigenvalue weighted by Gasteiger charge is 2.16. The van der Waals surface area contributed by atoms with Gasteiger partial charge >= 0.3 is 0 Å². The molecule has 0 saturated heterocycles. The lowest BCUT2D eigenvalue weighted by molar-refractivity contribution is -0.119. The standard InChI is InChI=1S/C29H56O5S/c1-3-4-5-6-7-8-9-10-11-12-13-14-15-16-18-23-29(31)27-35(32,33)26-20-17-19-22-28(30)24-21-25-34-2/h3-27H2,1-2H3. The molecule has 0 atom stereocenters. The summed E-state index contributed by atoms with van der Waals surface area (Å²) >= 11 is 0. The van der Waals surface area contributed by atoms with Crippen LogP contribution in [0.25, 0.3) is 0 Å². The Hall–Kier alpha value is -0.750. The lowest BCUT2D eigenvalue weighted by Gasteiger charge is -2.05. The van der Waals surface area contributed by atoms with E-state index in [4.69, 9.17) is 4.74 Å². The van der Waals surface area contributed by atoms with Gasteiger partial charge in [0, 0.05) is 33.0 Å². The van der Waals surface area contributed by atoms with Gasteiger partial charge in [0.2, 0.25) is 0 Å². The van der Waals surface area contributed by atoms with Crippen molar-refractivity contribution in [3.63, 3.8) is 0 Å². The van der Waals surface area contributed by atoms with E-state index in [1.54, 1.807) is 7.11 Å². The summed E-state index contributed by atoms with van der Waals surface area (Å²) < 4.78 is 29.3. The molecule has 5 nitrogen and oxygen atoms in total. The summed E-state index contributed by atoms with van der Waals surface area (Å²) in [5.41, 5.74) is 0. The molecular formula is C29H56O5S. The molecule has 0 spiro atoms. The number of sulfone groups is 1. The van der Waals surface area contributed by atoms with E-state index >= 15 is 0 Å². The molecule has 0 aromatic heterocycles. The van der Waals surface area contributed by atoms with Gasteiger partial charge in [-0.1, -0.05) is 103 Å². The molecule has 0 aromatic rings. The Morgan fingerprint density at radius 2 is 0.943 bits per heavy atom. The topological polar surface area (TPSA) is 77.5 Å². The summed E-state index contributed by atoms with van der Waals surface area (Å²) in [5.74, 6) is -0.201.